The van der Waals surface area contributed by atoms with Gasteiger partial charge < -0.3 is 9.05 Å². The number of hydrogen-bond acceptors (Lipinski definition) is 6. The summed E-state index contributed by atoms with van der Waals surface area (Å²) in [6, 6.07) is 9.87. The SMILES string of the molecule is Cc1ccccc1-c1noc(Cc2noc(C)c2C#N)n1. The van der Waals surface area contributed by atoms with Crippen molar-refractivity contribution in [2.24, 2.45) is 0 Å². The molecule has 2 heterocycles. The second-order valence-corrected chi connectivity index (χ2v) is 4.68. The molecule has 3 aromatic rings. The molecule has 0 saturated carbocycles. The summed E-state index contributed by atoms with van der Waals surface area (Å²) in [4.78, 5) is 4.35. The van der Waals surface area contributed by atoms with Gasteiger partial charge in [-0.15, -0.1) is 0 Å². The summed E-state index contributed by atoms with van der Waals surface area (Å²) >= 11 is 0. The predicted octanol–water partition coefficient (Wildman–Crippen LogP) is 2.80. The lowest BCUT2D eigenvalue weighted by molar-refractivity contribution is 0.371. The zero-order chi connectivity index (χ0) is 14.8. The average Bonchev–Trinajstić information content (AvgIpc) is 3.07. The van der Waals surface area contributed by atoms with Crippen molar-refractivity contribution in [1.82, 2.24) is 15.3 Å². The number of benzene rings is 1. The van der Waals surface area contributed by atoms with Crippen LogP contribution in [0.15, 0.2) is 33.3 Å². The molecule has 104 valence electrons. The van der Waals surface area contributed by atoms with E-state index in [2.05, 4.69) is 21.4 Å². The van der Waals surface area contributed by atoms with E-state index in [1.54, 1.807) is 6.92 Å². The van der Waals surface area contributed by atoms with Crippen molar-refractivity contribution in [3.05, 3.63) is 52.7 Å². The summed E-state index contributed by atoms with van der Waals surface area (Å²) in [7, 11) is 0. The molecule has 6 nitrogen and oxygen atoms in total. The number of hydrogen-bond donors (Lipinski definition) is 0. The number of aryl methyl sites for hydroxylation is 2. The van der Waals surface area contributed by atoms with Crippen molar-refractivity contribution in [3.63, 3.8) is 0 Å². The van der Waals surface area contributed by atoms with Crippen molar-refractivity contribution in [1.29, 1.82) is 5.26 Å². The smallest absolute Gasteiger partial charge is 0.233 e. The third-order valence-electron chi connectivity index (χ3n) is 3.22. The molecule has 6 heteroatoms. The fraction of sp³-hybridized carbons (Fsp3) is 0.200. The van der Waals surface area contributed by atoms with Gasteiger partial charge in [-0.05, 0) is 19.4 Å². The Morgan fingerprint density at radius 3 is 2.71 bits per heavy atom. The molecule has 2 aromatic heterocycles. The van der Waals surface area contributed by atoms with Crippen LogP contribution in [-0.4, -0.2) is 15.3 Å². The highest BCUT2D eigenvalue weighted by Gasteiger charge is 2.17. The van der Waals surface area contributed by atoms with E-state index in [1.165, 1.54) is 0 Å². The topological polar surface area (TPSA) is 88.7 Å². The van der Waals surface area contributed by atoms with Crippen molar-refractivity contribution in [2.45, 2.75) is 20.3 Å². The van der Waals surface area contributed by atoms with Gasteiger partial charge in [0, 0.05) is 5.56 Å². The molecular formula is C15H12N4O2. The van der Waals surface area contributed by atoms with Gasteiger partial charge in [0.15, 0.2) is 5.76 Å². The molecule has 3 rings (SSSR count). The lowest BCUT2D eigenvalue weighted by Crippen LogP contribution is -1.92. The summed E-state index contributed by atoms with van der Waals surface area (Å²) in [5.74, 6) is 1.42. The second-order valence-electron chi connectivity index (χ2n) is 4.68. The quantitative estimate of drug-likeness (QED) is 0.732. The van der Waals surface area contributed by atoms with Gasteiger partial charge in [0.2, 0.25) is 11.7 Å². The normalized spacial score (nSPS) is 10.5. The van der Waals surface area contributed by atoms with Gasteiger partial charge in [-0.1, -0.05) is 34.6 Å². The molecule has 0 aliphatic heterocycles. The molecule has 0 unspecified atom stereocenters. The summed E-state index contributed by atoms with van der Waals surface area (Å²) in [5, 5.41) is 16.9. The van der Waals surface area contributed by atoms with Gasteiger partial charge in [0.05, 0.1) is 6.42 Å². The molecule has 0 fully saturated rings. The Morgan fingerprint density at radius 2 is 1.95 bits per heavy atom. The predicted molar refractivity (Wildman–Crippen MR) is 73.2 cm³/mol. The molecule has 1 aromatic carbocycles. The van der Waals surface area contributed by atoms with E-state index < -0.39 is 0 Å². The van der Waals surface area contributed by atoms with Crippen LogP contribution in [0.2, 0.25) is 0 Å². The van der Waals surface area contributed by atoms with E-state index in [1.807, 2.05) is 31.2 Å². The zero-order valence-corrected chi connectivity index (χ0v) is 11.6. The minimum Gasteiger partial charge on any atom is -0.360 e. The van der Waals surface area contributed by atoms with Crippen LogP contribution < -0.4 is 0 Å². The minimum atomic E-state index is 0.277. The Bertz CT molecular complexity index is 826. The third kappa shape index (κ3) is 2.41. The van der Waals surface area contributed by atoms with Crippen molar-refractivity contribution in [3.8, 4) is 17.5 Å². The van der Waals surface area contributed by atoms with E-state index in [9.17, 15) is 0 Å². The zero-order valence-electron chi connectivity index (χ0n) is 11.6. The van der Waals surface area contributed by atoms with Crippen LogP contribution in [-0.2, 0) is 6.42 Å². The number of aromatic nitrogens is 3. The Balaban J connectivity index is 1.89. The van der Waals surface area contributed by atoms with E-state index in [0.717, 1.165) is 11.1 Å². The fourth-order valence-corrected chi connectivity index (χ4v) is 2.09. The lowest BCUT2D eigenvalue weighted by atomic mass is 10.1. The Hall–Kier alpha value is -2.94. The minimum absolute atomic E-state index is 0.277. The summed E-state index contributed by atoms with van der Waals surface area (Å²) in [6.07, 6.45) is 0.277. The molecule has 0 spiro atoms. The van der Waals surface area contributed by atoms with Crippen molar-refractivity contribution >= 4 is 0 Å². The lowest BCUT2D eigenvalue weighted by Gasteiger charge is -1.97. The highest BCUT2D eigenvalue weighted by atomic mass is 16.5. The van der Waals surface area contributed by atoms with E-state index in [4.69, 9.17) is 14.3 Å². The Labute approximate surface area is 121 Å². The van der Waals surface area contributed by atoms with Crippen LogP contribution in [0.5, 0.6) is 0 Å². The molecular weight excluding hydrogens is 268 g/mol. The van der Waals surface area contributed by atoms with E-state index >= 15 is 0 Å². The van der Waals surface area contributed by atoms with Crippen LogP contribution >= 0.6 is 0 Å². The van der Waals surface area contributed by atoms with Gasteiger partial charge in [-0.3, -0.25) is 0 Å². The number of nitriles is 1. The van der Waals surface area contributed by atoms with Crippen LogP contribution in [0, 0.1) is 25.2 Å². The van der Waals surface area contributed by atoms with Crippen LogP contribution in [0.25, 0.3) is 11.4 Å². The first kappa shape index (κ1) is 13.1. The maximum absolute atomic E-state index is 9.07. The Kier molecular flexibility index (Phi) is 3.24. The first-order valence-electron chi connectivity index (χ1n) is 6.43. The molecule has 0 amide bonds. The van der Waals surface area contributed by atoms with Gasteiger partial charge >= 0.3 is 0 Å². The highest BCUT2D eigenvalue weighted by molar-refractivity contribution is 5.59. The van der Waals surface area contributed by atoms with Crippen molar-refractivity contribution < 1.29 is 9.05 Å². The van der Waals surface area contributed by atoms with Crippen LogP contribution in [0.4, 0.5) is 0 Å². The number of nitrogens with zero attached hydrogens (tertiary/aromatic N) is 4. The van der Waals surface area contributed by atoms with Gasteiger partial charge in [-0.25, -0.2) is 0 Å². The first-order chi connectivity index (χ1) is 10.2. The summed E-state index contributed by atoms with van der Waals surface area (Å²) < 4.78 is 10.2. The molecule has 0 bridgehead atoms. The van der Waals surface area contributed by atoms with Gasteiger partial charge in [0.25, 0.3) is 0 Å². The van der Waals surface area contributed by atoms with Gasteiger partial charge in [0.1, 0.15) is 17.3 Å². The monoisotopic (exact) mass is 280 g/mol. The maximum Gasteiger partial charge on any atom is 0.233 e. The molecule has 0 saturated heterocycles. The average molecular weight is 280 g/mol. The molecule has 0 atom stereocenters. The Morgan fingerprint density at radius 1 is 1.14 bits per heavy atom. The van der Waals surface area contributed by atoms with Gasteiger partial charge in [-0.2, -0.15) is 10.2 Å². The first-order valence-corrected chi connectivity index (χ1v) is 6.43. The molecule has 0 aliphatic rings. The molecule has 0 N–H and O–H groups in total. The second kappa shape index (κ2) is 5.21. The summed E-state index contributed by atoms with van der Waals surface area (Å²) in [5.41, 5.74) is 2.92. The largest absolute Gasteiger partial charge is 0.360 e. The maximum atomic E-state index is 9.07. The highest BCUT2D eigenvalue weighted by Crippen LogP contribution is 2.21. The standard InChI is InChI=1S/C15H12N4O2/c1-9-5-3-4-6-11(9)15-17-14(21-19-15)7-13-12(8-16)10(2)20-18-13/h3-6H,7H2,1-2H3. The molecule has 0 radical (unpaired) electrons. The van der Waals surface area contributed by atoms with E-state index in [0.29, 0.717) is 28.7 Å². The van der Waals surface area contributed by atoms with Crippen LogP contribution in [0.1, 0.15) is 28.5 Å². The van der Waals surface area contributed by atoms with Crippen LogP contribution in [0.3, 0.4) is 0 Å². The molecule has 21 heavy (non-hydrogen) atoms. The fourth-order valence-electron chi connectivity index (χ4n) is 2.09. The van der Waals surface area contributed by atoms with Crippen molar-refractivity contribution in [2.75, 3.05) is 0 Å². The third-order valence-corrected chi connectivity index (χ3v) is 3.22. The number of rotatable bonds is 3. The molecule has 0 aliphatic carbocycles. The summed E-state index contributed by atoms with van der Waals surface area (Å²) in [6.45, 7) is 3.68. The van der Waals surface area contributed by atoms with E-state index in [-0.39, 0.29) is 6.42 Å².